The van der Waals surface area contributed by atoms with Gasteiger partial charge in [0.1, 0.15) is 5.00 Å². The van der Waals surface area contributed by atoms with E-state index in [1.807, 2.05) is 37.4 Å². The number of carbonyl (C=O) groups is 3. The minimum Gasteiger partial charge on any atom is -0.462 e. The zero-order chi connectivity index (χ0) is 26.1. The lowest BCUT2D eigenvalue weighted by Crippen LogP contribution is -2.35. The summed E-state index contributed by atoms with van der Waals surface area (Å²) in [7, 11) is 0. The molecule has 0 spiro atoms. The lowest BCUT2D eigenvalue weighted by molar-refractivity contribution is -0.116. The average molecular weight is 537 g/mol. The van der Waals surface area contributed by atoms with Crippen LogP contribution in [0, 0.1) is 0 Å². The molecule has 8 heteroatoms. The summed E-state index contributed by atoms with van der Waals surface area (Å²) in [5, 5.41) is 7.01. The molecule has 1 aromatic carbocycles. The van der Waals surface area contributed by atoms with Crippen molar-refractivity contribution in [1.82, 2.24) is 5.32 Å². The first-order valence-electron chi connectivity index (χ1n) is 12.9. The van der Waals surface area contributed by atoms with Crippen molar-refractivity contribution >= 4 is 45.8 Å². The molecule has 0 bridgehead atoms. The van der Waals surface area contributed by atoms with Gasteiger partial charge in [0.15, 0.2) is 5.78 Å². The number of fused-ring (bicyclic) bond motifs is 1. The molecule has 2 N–H and O–H groups in total. The highest BCUT2D eigenvalue weighted by Crippen LogP contribution is 2.44. The first kappa shape index (κ1) is 25.8. The molecular formula is C29H32N2O4S2. The van der Waals surface area contributed by atoms with Gasteiger partial charge < -0.3 is 15.4 Å². The summed E-state index contributed by atoms with van der Waals surface area (Å²) in [6.07, 6.45) is 7.91. The molecule has 0 unspecified atom stereocenters. The Bertz CT molecular complexity index is 1320. The molecule has 1 atom stereocenters. The molecule has 6 nitrogen and oxygen atoms in total. The number of hydrogen-bond donors (Lipinski definition) is 2. The standard InChI is InChI=1S/C29H32N2O4S2/c1-4-35-29(34)25-19-8-5-6-11-22(19)37-28(25)31-27(33)23-16(2)30-20-9-7-10-21(32)26(20)24(23)17-12-14-18(36-3)15-13-17/h12-15,24,30H,4-11H2,1-3H3,(H,31,33)/t24-/m1/s1. The van der Waals surface area contributed by atoms with Crippen LogP contribution in [-0.2, 0) is 27.2 Å². The van der Waals surface area contributed by atoms with Gasteiger partial charge in [-0.05, 0) is 81.9 Å². The molecule has 1 aliphatic heterocycles. The zero-order valence-electron chi connectivity index (χ0n) is 21.5. The summed E-state index contributed by atoms with van der Waals surface area (Å²) in [5.41, 5.74) is 5.29. The van der Waals surface area contributed by atoms with Crippen LogP contribution >= 0.6 is 23.1 Å². The predicted octanol–water partition coefficient (Wildman–Crippen LogP) is 6.13. The Balaban J connectivity index is 1.56. The normalized spacial score (nSPS) is 19.2. The first-order valence-corrected chi connectivity index (χ1v) is 15.0. The molecule has 2 aromatic rings. The van der Waals surface area contributed by atoms with Crippen molar-refractivity contribution in [3.63, 3.8) is 0 Å². The van der Waals surface area contributed by atoms with E-state index in [0.29, 0.717) is 28.1 Å². The van der Waals surface area contributed by atoms with Crippen LogP contribution in [0.1, 0.15) is 78.2 Å². The number of Topliss-reactive ketones (excluding diaryl/α,β-unsaturated/α-hetero) is 1. The molecule has 0 radical (unpaired) electrons. The third-order valence-corrected chi connectivity index (χ3v) is 9.30. The van der Waals surface area contributed by atoms with E-state index < -0.39 is 5.92 Å². The van der Waals surface area contributed by atoms with Crippen LogP contribution in [0.4, 0.5) is 5.00 Å². The van der Waals surface area contributed by atoms with Gasteiger partial charge in [-0.1, -0.05) is 12.1 Å². The fourth-order valence-corrected chi connectivity index (χ4v) is 7.34. The number of rotatable bonds is 6. The molecule has 0 saturated heterocycles. The van der Waals surface area contributed by atoms with Gasteiger partial charge in [0.05, 0.1) is 12.2 Å². The highest BCUT2D eigenvalue weighted by atomic mass is 32.2. The van der Waals surface area contributed by atoms with E-state index in [-0.39, 0.29) is 24.3 Å². The summed E-state index contributed by atoms with van der Waals surface area (Å²) in [6.45, 7) is 3.96. The third-order valence-electron chi connectivity index (χ3n) is 7.35. The Morgan fingerprint density at radius 1 is 1.11 bits per heavy atom. The molecule has 3 aliphatic rings. The van der Waals surface area contributed by atoms with Crippen molar-refractivity contribution in [2.75, 3.05) is 18.2 Å². The number of thiophene rings is 1. The molecule has 2 heterocycles. The molecular weight excluding hydrogens is 504 g/mol. The summed E-state index contributed by atoms with van der Waals surface area (Å²) in [6, 6.07) is 8.10. The topological polar surface area (TPSA) is 84.5 Å². The van der Waals surface area contributed by atoms with Crippen LogP contribution in [0.2, 0.25) is 0 Å². The zero-order valence-corrected chi connectivity index (χ0v) is 23.1. The maximum atomic E-state index is 14.0. The van der Waals surface area contributed by atoms with Gasteiger partial charge in [0.25, 0.3) is 5.91 Å². The number of nitrogens with one attached hydrogen (secondary N) is 2. The van der Waals surface area contributed by atoms with Crippen LogP contribution in [-0.4, -0.2) is 30.5 Å². The number of ether oxygens (including phenoxy) is 1. The van der Waals surface area contributed by atoms with Crippen LogP contribution in [0.3, 0.4) is 0 Å². The number of esters is 1. The Labute approximate surface area is 225 Å². The number of aryl methyl sites for hydroxylation is 1. The van der Waals surface area contributed by atoms with Gasteiger partial charge >= 0.3 is 5.97 Å². The van der Waals surface area contributed by atoms with Crippen molar-refractivity contribution in [2.45, 2.75) is 69.6 Å². The molecule has 2 aliphatic carbocycles. The van der Waals surface area contributed by atoms with Crippen LogP contribution in [0.5, 0.6) is 0 Å². The Morgan fingerprint density at radius 2 is 1.86 bits per heavy atom. The fraction of sp³-hybridized carbons (Fsp3) is 0.414. The van der Waals surface area contributed by atoms with Gasteiger partial charge in [-0.25, -0.2) is 4.79 Å². The molecule has 37 heavy (non-hydrogen) atoms. The second-order valence-electron chi connectivity index (χ2n) is 9.63. The number of benzene rings is 1. The third kappa shape index (κ3) is 4.89. The van der Waals surface area contributed by atoms with Gasteiger partial charge in [-0.3, -0.25) is 9.59 Å². The summed E-state index contributed by atoms with van der Waals surface area (Å²) < 4.78 is 5.38. The van der Waals surface area contributed by atoms with Gasteiger partial charge in [0.2, 0.25) is 0 Å². The van der Waals surface area contributed by atoms with Crippen molar-refractivity contribution in [3.05, 3.63) is 68.4 Å². The van der Waals surface area contributed by atoms with Crippen molar-refractivity contribution in [1.29, 1.82) is 0 Å². The number of anilines is 1. The molecule has 1 aromatic heterocycles. The van der Waals surface area contributed by atoms with E-state index in [1.165, 1.54) is 11.3 Å². The number of amides is 1. The molecule has 0 saturated carbocycles. The Morgan fingerprint density at radius 3 is 2.59 bits per heavy atom. The van der Waals surface area contributed by atoms with E-state index in [1.54, 1.807) is 18.7 Å². The number of allylic oxidation sites excluding steroid dienone is 3. The minimum absolute atomic E-state index is 0.0873. The van der Waals surface area contributed by atoms with E-state index in [0.717, 1.165) is 70.8 Å². The molecule has 0 fully saturated rings. The average Bonchev–Trinajstić information content (AvgIpc) is 3.26. The van der Waals surface area contributed by atoms with Crippen LogP contribution in [0.25, 0.3) is 0 Å². The van der Waals surface area contributed by atoms with E-state index >= 15 is 0 Å². The molecule has 5 rings (SSSR count). The fourth-order valence-electron chi connectivity index (χ4n) is 5.66. The SMILES string of the molecule is CCOC(=O)c1c(NC(=O)C2=C(C)NC3=C(C(=O)CCC3)[C@@H]2c2ccc(SC)cc2)sc2c1CCCC2. The van der Waals surface area contributed by atoms with Crippen molar-refractivity contribution in [2.24, 2.45) is 0 Å². The van der Waals surface area contributed by atoms with Crippen LogP contribution in [0.15, 0.2) is 51.7 Å². The first-order chi connectivity index (χ1) is 17.9. The maximum Gasteiger partial charge on any atom is 0.341 e. The summed E-state index contributed by atoms with van der Waals surface area (Å²) in [5.74, 6) is -1.05. The largest absolute Gasteiger partial charge is 0.462 e. The number of ketones is 1. The second-order valence-corrected chi connectivity index (χ2v) is 11.6. The van der Waals surface area contributed by atoms with Gasteiger partial charge in [-0.2, -0.15) is 0 Å². The smallest absolute Gasteiger partial charge is 0.341 e. The van der Waals surface area contributed by atoms with Crippen molar-refractivity contribution in [3.8, 4) is 0 Å². The highest BCUT2D eigenvalue weighted by Gasteiger charge is 2.39. The Hall–Kier alpha value is -2.84. The van der Waals surface area contributed by atoms with Crippen LogP contribution < -0.4 is 10.6 Å². The lowest BCUT2D eigenvalue weighted by Gasteiger charge is -2.34. The predicted molar refractivity (Wildman–Crippen MR) is 148 cm³/mol. The highest BCUT2D eigenvalue weighted by molar-refractivity contribution is 7.98. The van der Waals surface area contributed by atoms with Gasteiger partial charge in [-0.15, -0.1) is 23.1 Å². The van der Waals surface area contributed by atoms with E-state index in [9.17, 15) is 14.4 Å². The number of carbonyl (C=O) groups excluding carboxylic acids is 3. The number of thioether (sulfide) groups is 1. The summed E-state index contributed by atoms with van der Waals surface area (Å²) >= 11 is 3.13. The quantitative estimate of drug-likeness (QED) is 0.341. The molecule has 194 valence electrons. The van der Waals surface area contributed by atoms with E-state index in [2.05, 4.69) is 10.6 Å². The number of hydrogen-bond acceptors (Lipinski definition) is 7. The van der Waals surface area contributed by atoms with E-state index in [4.69, 9.17) is 4.74 Å². The van der Waals surface area contributed by atoms with Crippen molar-refractivity contribution < 1.29 is 19.1 Å². The maximum absolute atomic E-state index is 14.0. The minimum atomic E-state index is -0.458. The molecule has 1 amide bonds. The monoisotopic (exact) mass is 536 g/mol. The number of dihydropyridines is 1. The lowest BCUT2D eigenvalue weighted by atomic mass is 9.75. The second kappa shape index (κ2) is 10.9. The summed E-state index contributed by atoms with van der Waals surface area (Å²) in [4.78, 5) is 42.4. The Kier molecular flexibility index (Phi) is 7.58. The van der Waals surface area contributed by atoms with Gasteiger partial charge in [0, 0.05) is 44.7 Å².